The molecule has 0 radical (unpaired) electrons. The lowest BCUT2D eigenvalue weighted by molar-refractivity contribution is 0.393. The van der Waals surface area contributed by atoms with Crippen LogP contribution in [0.4, 0.5) is 5.95 Å². The summed E-state index contributed by atoms with van der Waals surface area (Å²) in [4.78, 5) is 8.48. The Morgan fingerprint density at radius 1 is 1.47 bits per heavy atom. The van der Waals surface area contributed by atoms with Crippen LogP contribution in [0.2, 0.25) is 0 Å². The van der Waals surface area contributed by atoms with Crippen molar-refractivity contribution in [3.8, 4) is 5.88 Å². The molecule has 1 rings (SSSR count). The monoisotopic (exact) mass is 321 g/mol. The Bertz CT molecular complexity index is 363. The number of aromatic nitrogens is 2. The summed E-state index contributed by atoms with van der Waals surface area (Å²) in [5.41, 5.74) is -0.166. The SMILES string of the molecule is CCC(CC)(CCl)Nc1ncc(Br)c(OC)n1. The highest BCUT2D eigenvalue weighted by atomic mass is 79.9. The minimum absolute atomic E-state index is 0.166. The van der Waals surface area contributed by atoms with Crippen LogP contribution in [0.25, 0.3) is 0 Å². The largest absolute Gasteiger partial charge is 0.480 e. The first-order valence-corrected chi connectivity index (χ1v) is 6.84. The molecule has 0 spiro atoms. The average molecular weight is 323 g/mol. The van der Waals surface area contributed by atoms with E-state index in [1.54, 1.807) is 13.3 Å². The number of halogens is 2. The third-order valence-corrected chi connectivity index (χ3v) is 3.95. The maximum absolute atomic E-state index is 6.02. The molecule has 0 amide bonds. The van der Waals surface area contributed by atoms with Crippen molar-refractivity contribution in [2.24, 2.45) is 0 Å². The van der Waals surface area contributed by atoms with Crippen LogP contribution in [0, 0.1) is 0 Å². The van der Waals surface area contributed by atoms with E-state index in [1.807, 2.05) is 0 Å². The van der Waals surface area contributed by atoms with Gasteiger partial charge in [-0.3, -0.25) is 0 Å². The summed E-state index contributed by atoms with van der Waals surface area (Å²) < 4.78 is 5.86. The number of methoxy groups -OCH3 is 1. The standard InChI is InChI=1S/C11H17BrClN3O/c1-4-11(5-2,7-13)16-10-14-6-8(12)9(15-10)17-3/h6H,4-5,7H2,1-3H3,(H,14,15,16). The minimum Gasteiger partial charge on any atom is -0.480 e. The van der Waals surface area contributed by atoms with Gasteiger partial charge < -0.3 is 10.1 Å². The van der Waals surface area contributed by atoms with E-state index in [-0.39, 0.29) is 5.54 Å². The second-order valence-electron chi connectivity index (χ2n) is 3.80. The zero-order valence-electron chi connectivity index (χ0n) is 10.3. The summed E-state index contributed by atoms with van der Waals surface area (Å²) in [6, 6.07) is 0. The molecular weight excluding hydrogens is 305 g/mol. The molecule has 0 aromatic carbocycles. The summed E-state index contributed by atoms with van der Waals surface area (Å²) in [5.74, 6) is 1.56. The molecule has 0 aliphatic rings. The molecule has 0 unspecified atom stereocenters. The van der Waals surface area contributed by atoms with E-state index in [1.165, 1.54) is 0 Å². The van der Waals surface area contributed by atoms with Gasteiger partial charge >= 0.3 is 0 Å². The fraction of sp³-hybridized carbons (Fsp3) is 0.636. The van der Waals surface area contributed by atoms with Crippen molar-refractivity contribution >= 4 is 33.5 Å². The predicted octanol–water partition coefficient (Wildman–Crippen LogP) is 3.46. The van der Waals surface area contributed by atoms with Gasteiger partial charge in [0.2, 0.25) is 11.8 Å². The molecule has 0 saturated heterocycles. The molecule has 0 atom stereocenters. The van der Waals surface area contributed by atoms with Crippen LogP contribution in [0.15, 0.2) is 10.7 Å². The molecular formula is C11H17BrClN3O. The smallest absolute Gasteiger partial charge is 0.232 e. The Labute approximate surface area is 115 Å². The summed E-state index contributed by atoms with van der Waals surface area (Å²) in [6.07, 6.45) is 3.49. The molecule has 17 heavy (non-hydrogen) atoms. The highest BCUT2D eigenvalue weighted by Crippen LogP contribution is 2.26. The Balaban J connectivity index is 2.94. The molecule has 1 aromatic rings. The lowest BCUT2D eigenvalue weighted by atomic mass is 9.95. The van der Waals surface area contributed by atoms with E-state index >= 15 is 0 Å². The van der Waals surface area contributed by atoms with Gasteiger partial charge in [0.1, 0.15) is 0 Å². The Morgan fingerprint density at radius 2 is 2.12 bits per heavy atom. The molecule has 1 heterocycles. The molecule has 4 nitrogen and oxygen atoms in total. The number of alkyl halides is 1. The number of ether oxygens (including phenoxy) is 1. The van der Waals surface area contributed by atoms with Gasteiger partial charge in [0, 0.05) is 5.88 Å². The zero-order chi connectivity index (χ0) is 12.9. The maximum Gasteiger partial charge on any atom is 0.232 e. The first kappa shape index (κ1) is 14.5. The van der Waals surface area contributed by atoms with Crippen molar-refractivity contribution in [3.05, 3.63) is 10.7 Å². The van der Waals surface area contributed by atoms with Crippen LogP contribution in [-0.2, 0) is 0 Å². The van der Waals surface area contributed by atoms with E-state index in [2.05, 4.69) is 45.1 Å². The van der Waals surface area contributed by atoms with Gasteiger partial charge in [-0.25, -0.2) is 4.98 Å². The van der Waals surface area contributed by atoms with Crippen molar-refractivity contribution in [1.82, 2.24) is 9.97 Å². The van der Waals surface area contributed by atoms with Crippen LogP contribution < -0.4 is 10.1 Å². The van der Waals surface area contributed by atoms with Gasteiger partial charge in [-0.15, -0.1) is 11.6 Å². The Morgan fingerprint density at radius 3 is 2.59 bits per heavy atom. The summed E-state index contributed by atoms with van der Waals surface area (Å²) in [5, 5.41) is 3.29. The molecule has 96 valence electrons. The van der Waals surface area contributed by atoms with E-state index in [0.717, 1.165) is 17.3 Å². The maximum atomic E-state index is 6.02. The predicted molar refractivity (Wildman–Crippen MR) is 73.9 cm³/mol. The first-order valence-electron chi connectivity index (χ1n) is 5.51. The van der Waals surface area contributed by atoms with Gasteiger partial charge in [0.05, 0.1) is 23.3 Å². The van der Waals surface area contributed by atoms with Gasteiger partial charge in [0.15, 0.2) is 0 Å². The molecule has 0 bridgehead atoms. The molecule has 0 aliphatic carbocycles. The zero-order valence-corrected chi connectivity index (χ0v) is 12.6. The molecule has 6 heteroatoms. The fourth-order valence-electron chi connectivity index (χ4n) is 1.44. The second kappa shape index (κ2) is 6.40. The third kappa shape index (κ3) is 3.45. The number of hydrogen-bond acceptors (Lipinski definition) is 4. The fourth-order valence-corrected chi connectivity index (χ4v) is 2.24. The normalized spacial score (nSPS) is 11.4. The van der Waals surface area contributed by atoms with Crippen molar-refractivity contribution in [1.29, 1.82) is 0 Å². The third-order valence-electron chi connectivity index (χ3n) is 2.89. The summed E-state index contributed by atoms with van der Waals surface area (Å²) in [6.45, 7) is 4.18. The highest BCUT2D eigenvalue weighted by Gasteiger charge is 2.26. The number of hydrogen-bond donors (Lipinski definition) is 1. The van der Waals surface area contributed by atoms with Crippen LogP contribution in [0.5, 0.6) is 5.88 Å². The first-order chi connectivity index (χ1) is 8.10. The topological polar surface area (TPSA) is 47.0 Å². The van der Waals surface area contributed by atoms with E-state index < -0.39 is 0 Å². The van der Waals surface area contributed by atoms with Crippen LogP contribution in [0.1, 0.15) is 26.7 Å². The lowest BCUT2D eigenvalue weighted by Crippen LogP contribution is -2.39. The van der Waals surface area contributed by atoms with Crippen molar-refractivity contribution in [3.63, 3.8) is 0 Å². The van der Waals surface area contributed by atoms with Gasteiger partial charge in [-0.2, -0.15) is 4.98 Å². The molecule has 1 aromatic heterocycles. The minimum atomic E-state index is -0.166. The Kier molecular flexibility index (Phi) is 5.46. The number of rotatable bonds is 6. The van der Waals surface area contributed by atoms with Crippen LogP contribution in [0.3, 0.4) is 0 Å². The molecule has 0 saturated carbocycles. The number of nitrogens with zero attached hydrogens (tertiary/aromatic N) is 2. The van der Waals surface area contributed by atoms with Crippen molar-refractivity contribution < 1.29 is 4.74 Å². The van der Waals surface area contributed by atoms with Gasteiger partial charge in [0.25, 0.3) is 0 Å². The van der Waals surface area contributed by atoms with Crippen molar-refractivity contribution in [2.45, 2.75) is 32.2 Å². The highest BCUT2D eigenvalue weighted by molar-refractivity contribution is 9.10. The molecule has 0 fully saturated rings. The van der Waals surface area contributed by atoms with Crippen molar-refractivity contribution in [2.75, 3.05) is 18.3 Å². The van der Waals surface area contributed by atoms with Crippen LogP contribution in [-0.4, -0.2) is 28.5 Å². The number of anilines is 1. The molecule has 1 N–H and O–H groups in total. The van der Waals surface area contributed by atoms with E-state index in [9.17, 15) is 0 Å². The van der Waals surface area contributed by atoms with Crippen LogP contribution >= 0.6 is 27.5 Å². The van der Waals surface area contributed by atoms with Gasteiger partial charge in [-0.1, -0.05) is 13.8 Å². The number of nitrogens with one attached hydrogen (secondary N) is 1. The molecule has 0 aliphatic heterocycles. The average Bonchev–Trinajstić information content (AvgIpc) is 2.38. The summed E-state index contributed by atoms with van der Waals surface area (Å²) >= 11 is 9.34. The van der Waals surface area contributed by atoms with E-state index in [0.29, 0.717) is 17.7 Å². The lowest BCUT2D eigenvalue weighted by Gasteiger charge is -2.30. The Hall–Kier alpha value is -0.550. The summed E-state index contributed by atoms with van der Waals surface area (Å²) in [7, 11) is 1.57. The quantitative estimate of drug-likeness (QED) is 0.815. The van der Waals surface area contributed by atoms with Gasteiger partial charge in [-0.05, 0) is 28.8 Å². The van der Waals surface area contributed by atoms with E-state index in [4.69, 9.17) is 16.3 Å². The second-order valence-corrected chi connectivity index (χ2v) is 4.92.